The van der Waals surface area contributed by atoms with Crippen LogP contribution in [0.2, 0.25) is 0 Å². The zero-order valence-corrected chi connectivity index (χ0v) is 13.7. The van der Waals surface area contributed by atoms with Crippen LogP contribution in [0, 0.1) is 0 Å². The topological polar surface area (TPSA) is 68.6 Å². The largest absolute Gasteiger partial charge is 0.381 e. The Hall–Kier alpha value is -1.44. The summed E-state index contributed by atoms with van der Waals surface area (Å²) in [6.45, 7) is 4.99. The predicted molar refractivity (Wildman–Crippen MR) is 87.9 cm³/mol. The van der Waals surface area contributed by atoms with Gasteiger partial charge in [0.2, 0.25) is 0 Å². The van der Waals surface area contributed by atoms with Gasteiger partial charge in [-0.05, 0) is 25.8 Å². The number of ether oxygens (including phenoxy) is 2. The molecule has 7 heteroatoms. The lowest BCUT2D eigenvalue weighted by molar-refractivity contribution is 0.0330. The van der Waals surface area contributed by atoms with Gasteiger partial charge in [-0.1, -0.05) is 0 Å². The van der Waals surface area contributed by atoms with E-state index < -0.39 is 0 Å². The summed E-state index contributed by atoms with van der Waals surface area (Å²) in [5, 5.41) is 7.70. The molecule has 0 unspecified atom stereocenters. The first kappa shape index (κ1) is 16.4. The molecule has 0 aromatic carbocycles. The van der Waals surface area contributed by atoms with Gasteiger partial charge in [-0.15, -0.1) is 0 Å². The van der Waals surface area contributed by atoms with E-state index in [0.717, 1.165) is 57.8 Å². The van der Waals surface area contributed by atoms with E-state index in [1.165, 1.54) is 4.68 Å². The molecule has 3 rings (SSSR count). The van der Waals surface area contributed by atoms with Crippen LogP contribution >= 0.6 is 0 Å². The zero-order valence-electron chi connectivity index (χ0n) is 13.7. The number of nitrogens with one attached hydrogen (secondary N) is 1. The second-order valence-corrected chi connectivity index (χ2v) is 6.24. The van der Waals surface area contributed by atoms with Crippen molar-refractivity contribution < 1.29 is 9.47 Å². The van der Waals surface area contributed by atoms with Gasteiger partial charge in [0.1, 0.15) is 0 Å². The van der Waals surface area contributed by atoms with Crippen molar-refractivity contribution in [3.05, 3.63) is 22.6 Å². The molecule has 128 valence electrons. The van der Waals surface area contributed by atoms with E-state index in [2.05, 4.69) is 15.3 Å². The summed E-state index contributed by atoms with van der Waals surface area (Å²) in [5.74, 6) is 0. The molecule has 0 radical (unpaired) electrons. The van der Waals surface area contributed by atoms with E-state index >= 15 is 0 Å². The molecule has 1 aromatic rings. The molecule has 23 heavy (non-hydrogen) atoms. The van der Waals surface area contributed by atoms with Crippen molar-refractivity contribution in [2.45, 2.75) is 31.4 Å². The van der Waals surface area contributed by atoms with Gasteiger partial charge in [-0.2, -0.15) is 5.10 Å². The second-order valence-electron chi connectivity index (χ2n) is 6.24. The normalized spacial score (nSPS) is 23.2. The fourth-order valence-electron chi connectivity index (χ4n) is 3.11. The number of morpholine rings is 1. The molecule has 1 aromatic heterocycles. The molecular formula is C16H26N4O3. The Morgan fingerprint density at radius 2 is 2.17 bits per heavy atom. The molecule has 0 spiro atoms. The van der Waals surface area contributed by atoms with Gasteiger partial charge in [0.25, 0.3) is 5.56 Å². The number of aryl methyl sites for hydroxylation is 1. The first-order chi connectivity index (χ1) is 11.2. The average molecular weight is 322 g/mol. The summed E-state index contributed by atoms with van der Waals surface area (Å²) in [7, 11) is 1.66. The number of hydrogen-bond donors (Lipinski definition) is 1. The molecule has 1 atom stereocenters. The minimum Gasteiger partial charge on any atom is -0.381 e. The van der Waals surface area contributed by atoms with E-state index in [0.29, 0.717) is 12.6 Å². The van der Waals surface area contributed by atoms with Crippen LogP contribution < -0.4 is 15.8 Å². The second kappa shape index (κ2) is 7.90. The van der Waals surface area contributed by atoms with Gasteiger partial charge >= 0.3 is 0 Å². The molecule has 1 N–H and O–H groups in total. The molecule has 0 amide bonds. The Bertz CT molecular complexity index is 557. The molecule has 0 bridgehead atoms. The third-order valence-corrected chi connectivity index (χ3v) is 4.58. The molecule has 0 aliphatic carbocycles. The monoisotopic (exact) mass is 322 g/mol. The first-order valence-corrected chi connectivity index (χ1v) is 8.43. The minimum atomic E-state index is -0.0771. The lowest BCUT2D eigenvalue weighted by atomic mass is 10.1. The number of nitrogens with zero attached hydrogens (tertiary/aromatic N) is 3. The van der Waals surface area contributed by atoms with Crippen LogP contribution in [-0.4, -0.2) is 61.4 Å². The zero-order chi connectivity index (χ0) is 16.1. The number of hydrogen-bond acceptors (Lipinski definition) is 6. The highest BCUT2D eigenvalue weighted by atomic mass is 16.5. The Balaban J connectivity index is 1.47. The van der Waals surface area contributed by atoms with Crippen molar-refractivity contribution in [3.63, 3.8) is 0 Å². The first-order valence-electron chi connectivity index (χ1n) is 8.43. The summed E-state index contributed by atoms with van der Waals surface area (Å²) in [4.78, 5) is 13.9. The quantitative estimate of drug-likeness (QED) is 0.832. The number of rotatable bonds is 5. The summed E-state index contributed by atoms with van der Waals surface area (Å²) in [6, 6.07) is 2.22. The summed E-state index contributed by atoms with van der Waals surface area (Å²) in [6.07, 6.45) is 5.11. The Morgan fingerprint density at radius 3 is 2.96 bits per heavy atom. The van der Waals surface area contributed by atoms with E-state index in [1.807, 2.05) is 0 Å². The van der Waals surface area contributed by atoms with Crippen molar-refractivity contribution in [2.24, 2.45) is 7.05 Å². The van der Waals surface area contributed by atoms with Crippen LogP contribution in [0.25, 0.3) is 0 Å². The third-order valence-electron chi connectivity index (χ3n) is 4.58. The molecule has 2 saturated heterocycles. The van der Waals surface area contributed by atoms with Crippen molar-refractivity contribution in [1.29, 1.82) is 0 Å². The molecule has 2 aliphatic heterocycles. The van der Waals surface area contributed by atoms with Crippen LogP contribution in [0.3, 0.4) is 0 Å². The van der Waals surface area contributed by atoms with Crippen molar-refractivity contribution >= 4 is 5.69 Å². The van der Waals surface area contributed by atoms with E-state index in [9.17, 15) is 4.79 Å². The predicted octanol–water partition coefficient (Wildman–Crippen LogP) is 0.144. The van der Waals surface area contributed by atoms with Crippen LogP contribution in [0.4, 0.5) is 5.69 Å². The Labute approximate surface area is 136 Å². The summed E-state index contributed by atoms with van der Waals surface area (Å²) < 4.78 is 12.6. The summed E-state index contributed by atoms with van der Waals surface area (Å²) >= 11 is 0. The van der Waals surface area contributed by atoms with E-state index in [-0.39, 0.29) is 11.7 Å². The van der Waals surface area contributed by atoms with E-state index in [4.69, 9.17) is 9.47 Å². The molecule has 0 saturated carbocycles. The van der Waals surface area contributed by atoms with Crippen LogP contribution in [0.1, 0.15) is 19.3 Å². The highest BCUT2D eigenvalue weighted by molar-refractivity contribution is 5.43. The molecule has 2 aliphatic rings. The Kier molecular flexibility index (Phi) is 5.64. The maximum atomic E-state index is 11.7. The fourth-order valence-corrected chi connectivity index (χ4v) is 3.11. The lowest BCUT2D eigenvalue weighted by Gasteiger charge is -2.34. The Morgan fingerprint density at radius 1 is 1.35 bits per heavy atom. The average Bonchev–Trinajstić information content (AvgIpc) is 2.59. The van der Waals surface area contributed by atoms with E-state index in [1.54, 1.807) is 19.3 Å². The van der Waals surface area contributed by atoms with Crippen molar-refractivity contribution in [2.75, 3.05) is 44.4 Å². The van der Waals surface area contributed by atoms with Crippen LogP contribution in [0.5, 0.6) is 0 Å². The molecule has 3 heterocycles. The summed E-state index contributed by atoms with van der Waals surface area (Å²) in [5.41, 5.74) is 0.811. The van der Waals surface area contributed by atoms with Crippen molar-refractivity contribution in [3.8, 4) is 0 Å². The standard InChI is InChI=1S/C16H26N4O3/c1-19-16(21)10-14(11-18-19)20-6-9-23-15(12-20)2-5-17-13-3-7-22-8-4-13/h10-11,13,15,17H,2-9,12H2,1H3/t15-/m0/s1. The van der Waals surface area contributed by atoms with Crippen LogP contribution in [0.15, 0.2) is 17.1 Å². The third kappa shape index (κ3) is 4.53. The maximum absolute atomic E-state index is 11.7. The molecule has 2 fully saturated rings. The van der Waals surface area contributed by atoms with Gasteiger partial charge in [0, 0.05) is 45.5 Å². The fraction of sp³-hybridized carbons (Fsp3) is 0.750. The van der Waals surface area contributed by atoms with Gasteiger partial charge in [-0.3, -0.25) is 4.79 Å². The lowest BCUT2D eigenvalue weighted by Crippen LogP contribution is -2.45. The highest BCUT2D eigenvalue weighted by Crippen LogP contribution is 2.16. The maximum Gasteiger partial charge on any atom is 0.268 e. The minimum absolute atomic E-state index is 0.0771. The SMILES string of the molecule is Cn1ncc(N2CCO[C@@H](CCNC3CCOCC3)C2)cc1=O. The number of anilines is 1. The van der Waals surface area contributed by atoms with Crippen molar-refractivity contribution in [1.82, 2.24) is 15.1 Å². The molecular weight excluding hydrogens is 296 g/mol. The van der Waals surface area contributed by atoms with Crippen LogP contribution in [-0.2, 0) is 16.5 Å². The highest BCUT2D eigenvalue weighted by Gasteiger charge is 2.22. The van der Waals surface area contributed by atoms with Gasteiger partial charge in [0.05, 0.1) is 24.6 Å². The number of aromatic nitrogens is 2. The van der Waals surface area contributed by atoms with Gasteiger partial charge < -0.3 is 19.7 Å². The van der Waals surface area contributed by atoms with Gasteiger partial charge in [0.15, 0.2) is 0 Å². The smallest absolute Gasteiger partial charge is 0.268 e. The molecule has 7 nitrogen and oxygen atoms in total. The van der Waals surface area contributed by atoms with Gasteiger partial charge in [-0.25, -0.2) is 4.68 Å².